The molecule has 0 fully saturated rings. The maximum atomic E-state index is 5.90. The van der Waals surface area contributed by atoms with E-state index in [-0.39, 0.29) is 0 Å². The van der Waals surface area contributed by atoms with Gasteiger partial charge in [-0.05, 0) is 50.7 Å². The number of hydrogen-bond donors (Lipinski definition) is 0. The highest BCUT2D eigenvalue weighted by Crippen LogP contribution is 2.25. The molecule has 0 aliphatic carbocycles. The summed E-state index contributed by atoms with van der Waals surface area (Å²) >= 11 is 9.50. The van der Waals surface area contributed by atoms with Crippen LogP contribution in [0.4, 0.5) is 5.69 Å². The van der Waals surface area contributed by atoms with Crippen molar-refractivity contribution in [3.8, 4) is 0 Å². The molecule has 0 aromatic heterocycles. The van der Waals surface area contributed by atoms with E-state index in [9.17, 15) is 0 Å². The predicted octanol–water partition coefficient (Wildman–Crippen LogP) is 4.75. The first-order valence-corrected chi connectivity index (χ1v) is 8.80. The summed E-state index contributed by atoms with van der Waals surface area (Å²) in [7, 11) is 0. The van der Waals surface area contributed by atoms with Crippen molar-refractivity contribution in [3.63, 3.8) is 0 Å². The lowest BCUT2D eigenvalue weighted by atomic mass is 10.2. The second-order valence-electron chi connectivity index (χ2n) is 4.87. The van der Waals surface area contributed by atoms with Gasteiger partial charge in [-0.2, -0.15) is 0 Å². The van der Waals surface area contributed by atoms with Gasteiger partial charge >= 0.3 is 0 Å². The smallest absolute Gasteiger partial charge is 0.0485 e. The Labute approximate surface area is 137 Å². The normalized spacial score (nSPS) is 11.1. The molecule has 0 radical (unpaired) electrons. The summed E-state index contributed by atoms with van der Waals surface area (Å²) < 4.78 is 1.10. The molecule has 1 rings (SSSR count). The molecule has 0 aliphatic rings. The van der Waals surface area contributed by atoms with Crippen LogP contribution in [0.1, 0.15) is 32.8 Å². The fourth-order valence-electron chi connectivity index (χ4n) is 2.34. The first-order valence-electron chi connectivity index (χ1n) is 7.47. The van der Waals surface area contributed by atoms with Crippen LogP contribution in [0.3, 0.4) is 0 Å². The van der Waals surface area contributed by atoms with Crippen molar-refractivity contribution in [1.82, 2.24) is 4.90 Å². The quantitative estimate of drug-likeness (QED) is 0.586. The van der Waals surface area contributed by atoms with Crippen molar-refractivity contribution >= 4 is 33.2 Å². The number of benzene rings is 1. The predicted molar refractivity (Wildman–Crippen MR) is 94.0 cm³/mol. The molecule has 0 bridgehead atoms. The number of rotatable bonds is 9. The van der Waals surface area contributed by atoms with Crippen LogP contribution in [0.2, 0.25) is 0 Å². The average Bonchev–Trinajstić information content (AvgIpc) is 2.47. The molecule has 0 saturated carbocycles. The first kappa shape index (κ1) is 17.8. The fraction of sp³-hybridized carbons (Fsp3) is 0.625. The van der Waals surface area contributed by atoms with Crippen LogP contribution in [0.5, 0.6) is 0 Å². The van der Waals surface area contributed by atoms with Gasteiger partial charge in [-0.25, -0.2) is 0 Å². The second-order valence-corrected chi connectivity index (χ2v) is 5.99. The highest BCUT2D eigenvalue weighted by atomic mass is 79.9. The third-order valence-corrected chi connectivity index (χ3v) is 4.75. The summed E-state index contributed by atoms with van der Waals surface area (Å²) in [6.45, 7) is 12.2. The van der Waals surface area contributed by atoms with E-state index >= 15 is 0 Å². The maximum Gasteiger partial charge on any atom is 0.0485 e. The molecule has 4 heteroatoms. The Kier molecular flexibility index (Phi) is 8.58. The largest absolute Gasteiger partial charge is 0.372 e. The van der Waals surface area contributed by atoms with Gasteiger partial charge in [0.25, 0.3) is 0 Å². The summed E-state index contributed by atoms with van der Waals surface area (Å²) in [6.07, 6.45) is 1.20. The molecule has 114 valence electrons. The van der Waals surface area contributed by atoms with E-state index in [0.29, 0.717) is 5.88 Å². The molecule has 0 aliphatic heterocycles. The van der Waals surface area contributed by atoms with Gasteiger partial charge in [0.2, 0.25) is 0 Å². The Hall–Kier alpha value is -0.250. The van der Waals surface area contributed by atoms with E-state index in [1.807, 2.05) is 0 Å². The maximum absolute atomic E-state index is 5.90. The molecule has 0 saturated heterocycles. The van der Waals surface area contributed by atoms with E-state index in [2.05, 4.69) is 64.7 Å². The van der Waals surface area contributed by atoms with Crippen LogP contribution < -0.4 is 4.90 Å². The zero-order chi connectivity index (χ0) is 15.0. The third-order valence-electron chi connectivity index (χ3n) is 3.72. The van der Waals surface area contributed by atoms with Gasteiger partial charge in [-0.15, -0.1) is 11.6 Å². The molecule has 2 nitrogen and oxygen atoms in total. The zero-order valence-corrected chi connectivity index (χ0v) is 15.2. The lowest BCUT2D eigenvalue weighted by Gasteiger charge is -2.25. The van der Waals surface area contributed by atoms with Crippen molar-refractivity contribution in [3.05, 3.63) is 28.2 Å². The van der Waals surface area contributed by atoms with Gasteiger partial charge in [0.15, 0.2) is 0 Å². The Bertz CT molecular complexity index is 394. The molecule has 1 aromatic rings. The van der Waals surface area contributed by atoms with Gasteiger partial charge in [0, 0.05) is 29.1 Å². The lowest BCUT2D eigenvalue weighted by Crippen LogP contribution is -2.30. The van der Waals surface area contributed by atoms with Crippen LogP contribution in [0, 0.1) is 0 Å². The molecule has 1 aromatic carbocycles. The fourth-order valence-corrected chi connectivity index (χ4v) is 3.24. The van der Waals surface area contributed by atoms with E-state index in [4.69, 9.17) is 11.6 Å². The molecule has 0 amide bonds. The van der Waals surface area contributed by atoms with E-state index in [1.54, 1.807) is 0 Å². The van der Waals surface area contributed by atoms with Crippen LogP contribution in [0.25, 0.3) is 0 Å². The minimum Gasteiger partial charge on any atom is -0.372 e. The summed E-state index contributed by atoms with van der Waals surface area (Å²) in [5, 5.41) is 0. The van der Waals surface area contributed by atoms with Crippen molar-refractivity contribution in [2.45, 2.75) is 33.1 Å². The summed E-state index contributed by atoms with van der Waals surface area (Å²) in [5.41, 5.74) is 2.42. The van der Waals surface area contributed by atoms with Crippen molar-refractivity contribution in [2.75, 3.05) is 37.6 Å². The standard InChI is InChI=1S/C16H26BrClN2/c1-4-19(5-2)10-7-11-20(6-3)15-9-8-14(13-18)16(17)12-15/h8-9,12H,4-7,10-11,13H2,1-3H3. The average molecular weight is 362 g/mol. The highest BCUT2D eigenvalue weighted by Gasteiger charge is 2.08. The minimum atomic E-state index is 0.551. The Morgan fingerprint density at radius 3 is 2.25 bits per heavy atom. The van der Waals surface area contributed by atoms with Gasteiger partial charge in [-0.3, -0.25) is 0 Å². The lowest BCUT2D eigenvalue weighted by molar-refractivity contribution is 0.301. The highest BCUT2D eigenvalue weighted by molar-refractivity contribution is 9.10. The number of alkyl halides is 1. The molecule has 20 heavy (non-hydrogen) atoms. The number of hydrogen-bond acceptors (Lipinski definition) is 2. The summed E-state index contributed by atoms with van der Waals surface area (Å²) in [5.74, 6) is 0.551. The number of halogens is 2. The van der Waals surface area contributed by atoms with Gasteiger partial charge < -0.3 is 9.80 Å². The molecule has 0 unspecified atom stereocenters. The van der Waals surface area contributed by atoms with Gasteiger partial charge in [-0.1, -0.05) is 35.8 Å². The van der Waals surface area contributed by atoms with E-state index in [1.165, 1.54) is 18.7 Å². The molecule has 0 N–H and O–H groups in total. The molecular weight excluding hydrogens is 336 g/mol. The monoisotopic (exact) mass is 360 g/mol. The number of anilines is 1. The van der Waals surface area contributed by atoms with Crippen LogP contribution in [0.15, 0.2) is 22.7 Å². The summed E-state index contributed by atoms with van der Waals surface area (Å²) in [6, 6.07) is 6.46. The minimum absolute atomic E-state index is 0.551. The summed E-state index contributed by atoms with van der Waals surface area (Å²) in [4.78, 5) is 4.90. The van der Waals surface area contributed by atoms with Crippen LogP contribution in [-0.2, 0) is 5.88 Å². The Balaban J connectivity index is 2.59. The van der Waals surface area contributed by atoms with Crippen molar-refractivity contribution < 1.29 is 0 Å². The van der Waals surface area contributed by atoms with Crippen LogP contribution in [-0.4, -0.2) is 37.6 Å². The zero-order valence-electron chi connectivity index (χ0n) is 12.8. The molecular formula is C16H26BrClN2. The number of nitrogens with zero attached hydrogens (tertiary/aromatic N) is 2. The molecule has 0 atom stereocenters. The topological polar surface area (TPSA) is 6.48 Å². The Morgan fingerprint density at radius 1 is 1.05 bits per heavy atom. The van der Waals surface area contributed by atoms with Crippen molar-refractivity contribution in [1.29, 1.82) is 0 Å². The Morgan fingerprint density at radius 2 is 1.75 bits per heavy atom. The van der Waals surface area contributed by atoms with Gasteiger partial charge in [0.1, 0.15) is 0 Å². The second kappa shape index (κ2) is 9.64. The molecule has 0 heterocycles. The first-order chi connectivity index (χ1) is 9.65. The van der Waals surface area contributed by atoms with Crippen LogP contribution >= 0.6 is 27.5 Å². The van der Waals surface area contributed by atoms with E-state index < -0.39 is 0 Å². The van der Waals surface area contributed by atoms with Gasteiger partial charge in [0.05, 0.1) is 0 Å². The van der Waals surface area contributed by atoms with Crippen molar-refractivity contribution in [2.24, 2.45) is 0 Å². The third kappa shape index (κ3) is 5.27. The molecule has 0 spiro atoms. The van der Waals surface area contributed by atoms with E-state index in [0.717, 1.165) is 36.2 Å². The SMILES string of the molecule is CCN(CC)CCCN(CC)c1ccc(CCl)c(Br)c1.